The Morgan fingerprint density at radius 1 is 1.11 bits per heavy atom. The summed E-state index contributed by atoms with van der Waals surface area (Å²) in [6.07, 6.45) is 1.66. The Bertz CT molecular complexity index is 823. The van der Waals surface area contributed by atoms with E-state index in [-0.39, 0.29) is 5.91 Å². The highest BCUT2D eigenvalue weighted by Gasteiger charge is 2.18. The van der Waals surface area contributed by atoms with Crippen molar-refractivity contribution in [2.45, 2.75) is 0 Å². The molecule has 1 amide bonds. The summed E-state index contributed by atoms with van der Waals surface area (Å²) >= 11 is 6.12. The molecule has 27 heavy (non-hydrogen) atoms. The molecule has 144 valence electrons. The first kappa shape index (κ1) is 19.3. The molecule has 1 saturated heterocycles. The van der Waals surface area contributed by atoms with E-state index in [9.17, 15) is 4.79 Å². The second-order valence-corrected chi connectivity index (χ2v) is 6.74. The number of likely N-dealkylation sites (N-methyl/N-ethyl adjacent to an activating group) is 1. The molecule has 0 radical (unpaired) electrons. The Hall–Kier alpha value is -2.51. The van der Waals surface area contributed by atoms with Crippen molar-refractivity contribution in [3.05, 3.63) is 41.0 Å². The van der Waals surface area contributed by atoms with Gasteiger partial charge in [-0.1, -0.05) is 11.6 Å². The number of piperazine rings is 1. The maximum atomic E-state index is 12.8. The Labute approximate surface area is 163 Å². The van der Waals surface area contributed by atoms with Crippen molar-refractivity contribution in [3.8, 4) is 11.5 Å². The van der Waals surface area contributed by atoms with Gasteiger partial charge in [-0.3, -0.25) is 4.79 Å². The fraction of sp³-hybridized carbons (Fsp3) is 0.368. The Balaban J connectivity index is 1.80. The third-order valence-electron chi connectivity index (χ3n) is 4.56. The molecule has 1 aliphatic heterocycles. The number of halogens is 1. The molecule has 2 aromatic rings. The number of ether oxygens (including phenoxy) is 2. The number of methoxy groups -OCH3 is 2. The molecule has 1 aliphatic rings. The molecule has 0 saturated carbocycles. The lowest BCUT2D eigenvalue weighted by Gasteiger charge is -2.33. The van der Waals surface area contributed by atoms with E-state index in [1.165, 1.54) is 14.2 Å². The van der Waals surface area contributed by atoms with Crippen LogP contribution in [0.5, 0.6) is 11.5 Å². The van der Waals surface area contributed by atoms with Crippen LogP contribution in [-0.4, -0.2) is 63.2 Å². The maximum absolute atomic E-state index is 12.8. The molecule has 1 aromatic carbocycles. The third-order valence-corrected chi connectivity index (χ3v) is 4.85. The van der Waals surface area contributed by atoms with Gasteiger partial charge in [0.2, 0.25) is 0 Å². The zero-order valence-electron chi connectivity index (χ0n) is 15.7. The first-order chi connectivity index (χ1) is 13.0. The average Bonchev–Trinajstić information content (AvgIpc) is 2.69. The van der Waals surface area contributed by atoms with Gasteiger partial charge in [0.1, 0.15) is 17.3 Å². The van der Waals surface area contributed by atoms with Crippen LogP contribution in [-0.2, 0) is 0 Å². The lowest BCUT2D eigenvalue weighted by atomic mass is 10.2. The summed E-state index contributed by atoms with van der Waals surface area (Å²) < 4.78 is 10.5. The number of carbonyl (C=O) groups is 1. The van der Waals surface area contributed by atoms with Gasteiger partial charge in [0.25, 0.3) is 5.91 Å². The smallest absolute Gasteiger partial charge is 0.255 e. The Kier molecular flexibility index (Phi) is 6.03. The van der Waals surface area contributed by atoms with Crippen molar-refractivity contribution in [3.63, 3.8) is 0 Å². The standard InChI is InChI=1S/C19H23ClN4O3/c1-23-6-8-24(9-7-23)18-10-13(4-5-21-18)19(25)22-15-12-16(26-2)14(20)11-17(15)27-3/h4-5,10-12H,6-9H2,1-3H3,(H,22,25). The maximum Gasteiger partial charge on any atom is 0.255 e. The lowest BCUT2D eigenvalue weighted by molar-refractivity contribution is 0.102. The minimum Gasteiger partial charge on any atom is -0.495 e. The van der Waals surface area contributed by atoms with Gasteiger partial charge < -0.3 is 24.6 Å². The molecular formula is C19H23ClN4O3. The van der Waals surface area contributed by atoms with E-state index in [4.69, 9.17) is 21.1 Å². The van der Waals surface area contributed by atoms with Gasteiger partial charge in [0, 0.05) is 50.1 Å². The second kappa shape index (κ2) is 8.45. The monoisotopic (exact) mass is 390 g/mol. The van der Waals surface area contributed by atoms with Crippen molar-refractivity contribution in [1.82, 2.24) is 9.88 Å². The van der Waals surface area contributed by atoms with Gasteiger partial charge in [-0.05, 0) is 19.2 Å². The number of amides is 1. The quantitative estimate of drug-likeness (QED) is 0.846. The van der Waals surface area contributed by atoms with Gasteiger partial charge in [0.15, 0.2) is 0 Å². The molecule has 1 aromatic heterocycles. The normalized spacial score (nSPS) is 14.7. The van der Waals surface area contributed by atoms with Gasteiger partial charge >= 0.3 is 0 Å². The highest BCUT2D eigenvalue weighted by molar-refractivity contribution is 6.32. The number of nitrogens with one attached hydrogen (secondary N) is 1. The molecule has 8 heteroatoms. The molecular weight excluding hydrogens is 368 g/mol. The first-order valence-corrected chi connectivity index (χ1v) is 9.02. The predicted molar refractivity (Wildman–Crippen MR) is 106 cm³/mol. The number of carbonyl (C=O) groups excluding carboxylic acids is 1. The zero-order chi connectivity index (χ0) is 19.4. The second-order valence-electron chi connectivity index (χ2n) is 6.33. The number of aromatic nitrogens is 1. The summed E-state index contributed by atoms with van der Waals surface area (Å²) in [4.78, 5) is 21.6. The van der Waals surface area contributed by atoms with Crippen molar-refractivity contribution >= 4 is 29.0 Å². The number of hydrogen-bond acceptors (Lipinski definition) is 6. The molecule has 0 atom stereocenters. The Morgan fingerprint density at radius 2 is 1.81 bits per heavy atom. The van der Waals surface area contributed by atoms with Crippen molar-refractivity contribution in [2.75, 3.05) is 57.7 Å². The van der Waals surface area contributed by atoms with Crippen LogP contribution in [0.1, 0.15) is 10.4 Å². The van der Waals surface area contributed by atoms with Crippen LogP contribution in [0.2, 0.25) is 5.02 Å². The van der Waals surface area contributed by atoms with Gasteiger partial charge in [-0.15, -0.1) is 0 Å². The summed E-state index contributed by atoms with van der Waals surface area (Å²) in [6.45, 7) is 3.72. The van der Waals surface area contributed by atoms with Crippen LogP contribution in [0, 0.1) is 0 Å². The number of hydrogen-bond donors (Lipinski definition) is 1. The van der Waals surface area contributed by atoms with Crippen LogP contribution in [0.4, 0.5) is 11.5 Å². The molecule has 1 N–H and O–H groups in total. The van der Waals surface area contributed by atoms with E-state index in [0.29, 0.717) is 27.8 Å². The topological polar surface area (TPSA) is 66.9 Å². The van der Waals surface area contributed by atoms with Gasteiger partial charge in [-0.2, -0.15) is 0 Å². The minimum absolute atomic E-state index is 0.254. The van der Waals surface area contributed by atoms with E-state index in [1.54, 1.807) is 30.5 Å². The van der Waals surface area contributed by atoms with Crippen molar-refractivity contribution < 1.29 is 14.3 Å². The minimum atomic E-state index is -0.254. The summed E-state index contributed by atoms with van der Waals surface area (Å²) in [5.41, 5.74) is 1.01. The average molecular weight is 391 g/mol. The summed E-state index contributed by atoms with van der Waals surface area (Å²) in [5.74, 6) is 1.47. The molecule has 0 bridgehead atoms. The highest BCUT2D eigenvalue weighted by atomic mass is 35.5. The zero-order valence-corrected chi connectivity index (χ0v) is 16.4. The highest BCUT2D eigenvalue weighted by Crippen LogP contribution is 2.36. The SMILES string of the molecule is COc1cc(NC(=O)c2ccnc(N3CCN(C)CC3)c2)c(OC)cc1Cl. The number of benzene rings is 1. The molecule has 1 fully saturated rings. The van der Waals surface area contributed by atoms with Crippen LogP contribution in [0.3, 0.4) is 0 Å². The fourth-order valence-electron chi connectivity index (χ4n) is 2.92. The van der Waals surface area contributed by atoms with E-state index >= 15 is 0 Å². The third kappa shape index (κ3) is 4.43. The first-order valence-electron chi connectivity index (χ1n) is 8.64. The largest absolute Gasteiger partial charge is 0.495 e. The molecule has 2 heterocycles. The summed E-state index contributed by atoms with van der Waals surface area (Å²) in [7, 11) is 5.14. The molecule has 0 aliphatic carbocycles. The summed E-state index contributed by atoms with van der Waals surface area (Å²) in [5, 5.41) is 3.27. The van der Waals surface area contributed by atoms with Gasteiger partial charge in [-0.25, -0.2) is 4.98 Å². The van der Waals surface area contributed by atoms with Gasteiger partial charge in [0.05, 0.1) is 24.9 Å². The lowest BCUT2D eigenvalue weighted by Crippen LogP contribution is -2.44. The van der Waals surface area contributed by atoms with E-state index < -0.39 is 0 Å². The number of pyridine rings is 1. The Morgan fingerprint density at radius 3 is 2.48 bits per heavy atom. The van der Waals surface area contributed by atoms with Crippen molar-refractivity contribution in [1.29, 1.82) is 0 Å². The number of anilines is 2. The van der Waals surface area contributed by atoms with E-state index in [2.05, 4.69) is 27.1 Å². The van der Waals surface area contributed by atoms with E-state index in [1.807, 2.05) is 0 Å². The number of rotatable bonds is 5. The van der Waals surface area contributed by atoms with Crippen LogP contribution in [0.15, 0.2) is 30.5 Å². The summed E-state index contributed by atoms with van der Waals surface area (Å²) in [6, 6.07) is 6.74. The molecule has 7 nitrogen and oxygen atoms in total. The molecule has 0 spiro atoms. The van der Waals surface area contributed by atoms with E-state index in [0.717, 1.165) is 32.0 Å². The van der Waals surface area contributed by atoms with Crippen LogP contribution >= 0.6 is 11.6 Å². The predicted octanol–water partition coefficient (Wildman–Crippen LogP) is 2.76. The van der Waals surface area contributed by atoms with Crippen LogP contribution < -0.4 is 19.7 Å². The van der Waals surface area contributed by atoms with Crippen molar-refractivity contribution in [2.24, 2.45) is 0 Å². The molecule has 3 rings (SSSR count). The van der Waals surface area contributed by atoms with Crippen LogP contribution in [0.25, 0.3) is 0 Å². The number of nitrogens with zero attached hydrogens (tertiary/aromatic N) is 3. The fourth-order valence-corrected chi connectivity index (χ4v) is 3.15. The molecule has 0 unspecified atom stereocenters.